The van der Waals surface area contributed by atoms with Gasteiger partial charge in [0.2, 0.25) is 0 Å². The minimum absolute atomic E-state index is 0.406. The predicted octanol–water partition coefficient (Wildman–Crippen LogP) is -0.281. The van der Waals surface area contributed by atoms with Gasteiger partial charge in [0.1, 0.15) is 0 Å². The Morgan fingerprint density at radius 1 is 1.33 bits per heavy atom. The summed E-state index contributed by atoms with van der Waals surface area (Å²) < 4.78 is 35.0. The Bertz CT molecular complexity index is 118. The second kappa shape index (κ2) is 5.34. The zero-order valence-electron chi connectivity index (χ0n) is 6.78. The predicted molar refractivity (Wildman–Crippen MR) is 38.9 cm³/mol. The molecule has 0 bridgehead atoms. The van der Waals surface area contributed by atoms with Gasteiger partial charge in [-0.15, -0.1) is 0 Å². The van der Waals surface area contributed by atoms with Gasteiger partial charge in [0.05, 0.1) is 0 Å². The lowest BCUT2D eigenvalue weighted by atomic mass is 10.3. The van der Waals surface area contributed by atoms with Crippen LogP contribution in [0.1, 0.15) is 0 Å². The normalized spacial score (nSPS) is 14.8. The Kier molecular flexibility index (Phi) is 5.19. The first kappa shape index (κ1) is 11.7. The van der Waals surface area contributed by atoms with Crippen molar-refractivity contribution >= 4 is 0 Å². The van der Waals surface area contributed by atoms with Crippen LogP contribution in [0.4, 0.5) is 13.2 Å². The Labute approximate surface area is 69.0 Å². The number of halogens is 3. The second-order valence-electron chi connectivity index (χ2n) is 2.37. The van der Waals surface area contributed by atoms with Crippen LogP contribution in [0.3, 0.4) is 0 Å². The molecule has 0 radical (unpaired) electrons. The molecule has 74 valence electrons. The van der Waals surface area contributed by atoms with Crippen molar-refractivity contribution in [1.29, 1.82) is 0 Å². The maximum absolute atomic E-state index is 11.7. The van der Waals surface area contributed by atoms with Crippen molar-refractivity contribution in [2.75, 3.05) is 26.7 Å². The van der Waals surface area contributed by atoms with Gasteiger partial charge in [0, 0.05) is 19.6 Å². The molecule has 0 unspecified atom stereocenters. The third kappa shape index (κ3) is 5.34. The van der Waals surface area contributed by atoms with Gasteiger partial charge in [-0.05, 0) is 7.05 Å². The summed E-state index contributed by atoms with van der Waals surface area (Å²) in [6.45, 7) is 0.527. The first-order valence-electron chi connectivity index (χ1n) is 3.58. The molecule has 0 aliphatic rings. The highest BCUT2D eigenvalue weighted by Gasteiger charge is 2.37. The molecule has 12 heavy (non-hydrogen) atoms. The van der Waals surface area contributed by atoms with Crippen LogP contribution in [0.15, 0.2) is 0 Å². The maximum atomic E-state index is 11.7. The van der Waals surface area contributed by atoms with Gasteiger partial charge in [-0.3, -0.25) is 0 Å². The van der Waals surface area contributed by atoms with E-state index >= 15 is 0 Å². The molecule has 0 aromatic rings. The fraction of sp³-hybridized carbons (Fsp3) is 1.00. The van der Waals surface area contributed by atoms with E-state index in [0.29, 0.717) is 13.1 Å². The van der Waals surface area contributed by atoms with Crippen LogP contribution in [0.5, 0.6) is 0 Å². The van der Waals surface area contributed by atoms with Crippen molar-refractivity contribution in [3.63, 3.8) is 0 Å². The van der Waals surface area contributed by atoms with Crippen molar-refractivity contribution in [1.82, 2.24) is 10.6 Å². The lowest BCUT2D eigenvalue weighted by Crippen LogP contribution is -2.40. The number of aliphatic hydroxyl groups excluding tert-OH is 1. The van der Waals surface area contributed by atoms with Gasteiger partial charge in [0.25, 0.3) is 0 Å². The highest BCUT2D eigenvalue weighted by atomic mass is 19.4. The Hall–Kier alpha value is -0.330. The topological polar surface area (TPSA) is 44.3 Å². The summed E-state index contributed by atoms with van der Waals surface area (Å²) in [6.07, 6.45) is -6.79. The molecule has 0 aliphatic heterocycles. The molecule has 0 amide bonds. The van der Waals surface area contributed by atoms with E-state index in [1.54, 1.807) is 7.05 Å². The van der Waals surface area contributed by atoms with Gasteiger partial charge >= 0.3 is 6.18 Å². The molecule has 0 aromatic carbocycles. The molecule has 6 heteroatoms. The average molecular weight is 186 g/mol. The number of nitrogens with one attached hydrogen (secondary N) is 2. The fourth-order valence-corrected chi connectivity index (χ4v) is 0.568. The molecule has 1 atom stereocenters. The van der Waals surface area contributed by atoms with Gasteiger partial charge in [0.15, 0.2) is 6.10 Å². The van der Waals surface area contributed by atoms with E-state index in [1.165, 1.54) is 0 Å². The first-order valence-corrected chi connectivity index (χ1v) is 3.58. The molecule has 0 aliphatic carbocycles. The summed E-state index contributed by atoms with van der Waals surface area (Å²) in [6, 6.07) is 0. The number of hydrogen-bond donors (Lipinski definition) is 3. The van der Waals surface area contributed by atoms with Crippen molar-refractivity contribution in [2.24, 2.45) is 0 Å². The van der Waals surface area contributed by atoms with Gasteiger partial charge in [-0.1, -0.05) is 0 Å². The number of aliphatic hydroxyl groups is 1. The van der Waals surface area contributed by atoms with Crippen molar-refractivity contribution in [2.45, 2.75) is 12.3 Å². The summed E-state index contributed by atoms with van der Waals surface area (Å²) in [5.41, 5.74) is 0. The summed E-state index contributed by atoms with van der Waals surface area (Å²) >= 11 is 0. The quantitative estimate of drug-likeness (QED) is 0.517. The van der Waals surface area contributed by atoms with Crippen molar-refractivity contribution in [3.05, 3.63) is 0 Å². The molecule has 0 rings (SSSR count). The van der Waals surface area contributed by atoms with Gasteiger partial charge in [-0.25, -0.2) is 0 Å². The third-order valence-corrected chi connectivity index (χ3v) is 1.27. The number of alkyl halides is 3. The van der Waals surface area contributed by atoms with Gasteiger partial charge < -0.3 is 15.7 Å². The second-order valence-corrected chi connectivity index (χ2v) is 2.37. The summed E-state index contributed by atoms with van der Waals surface area (Å²) in [7, 11) is 1.70. The molecular formula is C6H13F3N2O. The van der Waals surface area contributed by atoms with Crippen LogP contribution in [0.25, 0.3) is 0 Å². The third-order valence-electron chi connectivity index (χ3n) is 1.27. The minimum Gasteiger partial charge on any atom is -0.382 e. The van der Waals surface area contributed by atoms with E-state index in [0.717, 1.165) is 0 Å². The lowest BCUT2D eigenvalue weighted by Gasteiger charge is -2.14. The highest BCUT2D eigenvalue weighted by molar-refractivity contribution is 4.67. The zero-order valence-corrected chi connectivity index (χ0v) is 6.78. The summed E-state index contributed by atoms with van der Waals surface area (Å²) in [5, 5.41) is 13.7. The Morgan fingerprint density at radius 2 is 1.92 bits per heavy atom. The van der Waals surface area contributed by atoms with Crippen LogP contribution >= 0.6 is 0 Å². The number of likely N-dealkylation sites (N-methyl/N-ethyl adjacent to an activating group) is 1. The Morgan fingerprint density at radius 3 is 2.33 bits per heavy atom. The monoisotopic (exact) mass is 186 g/mol. The van der Waals surface area contributed by atoms with Crippen LogP contribution in [0.2, 0.25) is 0 Å². The smallest absolute Gasteiger partial charge is 0.382 e. The number of rotatable bonds is 5. The average Bonchev–Trinajstić information content (AvgIpc) is 1.96. The molecular weight excluding hydrogens is 173 g/mol. The van der Waals surface area contributed by atoms with E-state index in [9.17, 15) is 13.2 Å². The Balaban J connectivity index is 3.38. The van der Waals surface area contributed by atoms with Crippen LogP contribution < -0.4 is 10.6 Å². The SMILES string of the molecule is CNCCNC[C@H](O)C(F)(F)F. The zero-order chi connectivity index (χ0) is 9.61. The number of hydrogen-bond acceptors (Lipinski definition) is 3. The van der Waals surface area contributed by atoms with E-state index in [1.807, 2.05) is 0 Å². The molecule has 0 heterocycles. The standard InChI is InChI=1S/C6H13F3N2O/c1-10-2-3-11-4-5(12)6(7,8)9/h5,10-12H,2-4H2,1H3/t5-/m0/s1. The molecule has 0 aromatic heterocycles. The van der Waals surface area contributed by atoms with Gasteiger partial charge in [-0.2, -0.15) is 13.2 Å². The molecule has 0 saturated carbocycles. The summed E-state index contributed by atoms with van der Waals surface area (Å²) in [4.78, 5) is 0. The van der Waals surface area contributed by atoms with E-state index < -0.39 is 18.8 Å². The van der Waals surface area contributed by atoms with Crippen LogP contribution in [-0.4, -0.2) is 44.1 Å². The van der Waals surface area contributed by atoms with Crippen molar-refractivity contribution < 1.29 is 18.3 Å². The molecule has 0 saturated heterocycles. The minimum atomic E-state index is -4.52. The fourth-order valence-electron chi connectivity index (χ4n) is 0.568. The van der Waals surface area contributed by atoms with E-state index in [2.05, 4.69) is 10.6 Å². The van der Waals surface area contributed by atoms with E-state index in [-0.39, 0.29) is 0 Å². The maximum Gasteiger partial charge on any atom is 0.415 e. The largest absolute Gasteiger partial charge is 0.415 e. The lowest BCUT2D eigenvalue weighted by molar-refractivity contribution is -0.201. The van der Waals surface area contributed by atoms with E-state index in [4.69, 9.17) is 5.11 Å². The highest BCUT2D eigenvalue weighted by Crippen LogP contribution is 2.18. The molecule has 0 fully saturated rings. The first-order chi connectivity index (χ1) is 5.48. The molecule has 3 nitrogen and oxygen atoms in total. The summed E-state index contributed by atoms with van der Waals surface area (Å²) in [5.74, 6) is 0. The molecule has 0 spiro atoms. The van der Waals surface area contributed by atoms with Crippen LogP contribution in [0, 0.1) is 0 Å². The van der Waals surface area contributed by atoms with Crippen LogP contribution in [-0.2, 0) is 0 Å². The van der Waals surface area contributed by atoms with Crippen molar-refractivity contribution in [3.8, 4) is 0 Å². The molecule has 3 N–H and O–H groups in total.